The van der Waals surface area contributed by atoms with E-state index in [1.54, 1.807) is 29.9 Å². The van der Waals surface area contributed by atoms with Crippen LogP contribution in [-0.2, 0) is 13.1 Å². The summed E-state index contributed by atoms with van der Waals surface area (Å²) < 4.78 is 1.57. The molecule has 0 fully saturated rings. The summed E-state index contributed by atoms with van der Waals surface area (Å²) in [4.78, 5) is 13.9. The molecule has 0 unspecified atom stereocenters. The summed E-state index contributed by atoms with van der Waals surface area (Å²) in [7, 11) is 1.67. The number of hydrogen-bond acceptors (Lipinski definition) is 4. The molecule has 1 aromatic heterocycles. The van der Waals surface area contributed by atoms with Crippen LogP contribution in [0, 0.1) is 0 Å². The van der Waals surface area contributed by atoms with Crippen LogP contribution in [0.2, 0.25) is 0 Å². The predicted octanol–water partition coefficient (Wildman–Crippen LogP) is 1.46. The van der Waals surface area contributed by atoms with E-state index in [4.69, 9.17) is 5.73 Å². The monoisotopic (exact) mass is 274 g/mol. The van der Waals surface area contributed by atoms with E-state index in [9.17, 15) is 9.90 Å². The van der Waals surface area contributed by atoms with Crippen LogP contribution in [0.15, 0.2) is 30.5 Å². The Morgan fingerprint density at radius 3 is 2.80 bits per heavy atom. The van der Waals surface area contributed by atoms with E-state index in [0.29, 0.717) is 30.0 Å². The van der Waals surface area contributed by atoms with Crippen molar-refractivity contribution >= 4 is 11.6 Å². The number of benzene rings is 1. The zero-order chi connectivity index (χ0) is 14.7. The zero-order valence-electron chi connectivity index (χ0n) is 11.6. The van der Waals surface area contributed by atoms with Gasteiger partial charge in [-0.1, -0.05) is 18.2 Å². The van der Waals surface area contributed by atoms with Crippen LogP contribution in [0.25, 0.3) is 0 Å². The largest absolute Gasteiger partial charge is 0.508 e. The van der Waals surface area contributed by atoms with E-state index in [1.165, 1.54) is 11.1 Å². The quantitative estimate of drug-likeness (QED) is 0.884. The van der Waals surface area contributed by atoms with Crippen LogP contribution in [0.3, 0.4) is 0 Å². The fourth-order valence-corrected chi connectivity index (χ4v) is 2.03. The Morgan fingerprint density at radius 2 is 2.15 bits per heavy atom. The smallest absolute Gasteiger partial charge is 0.274 e. The molecule has 1 amide bonds. The van der Waals surface area contributed by atoms with E-state index in [1.807, 2.05) is 13.0 Å². The molecule has 2 aromatic rings. The Balaban J connectivity index is 2.21. The van der Waals surface area contributed by atoms with Gasteiger partial charge in [0.25, 0.3) is 5.91 Å². The van der Waals surface area contributed by atoms with E-state index < -0.39 is 0 Å². The molecule has 1 heterocycles. The van der Waals surface area contributed by atoms with Gasteiger partial charge in [0, 0.05) is 25.7 Å². The zero-order valence-corrected chi connectivity index (χ0v) is 11.6. The molecule has 0 atom stereocenters. The van der Waals surface area contributed by atoms with Crippen molar-refractivity contribution in [2.75, 3.05) is 12.8 Å². The first kappa shape index (κ1) is 13.9. The van der Waals surface area contributed by atoms with Gasteiger partial charge in [0.05, 0.1) is 11.9 Å². The molecule has 106 valence electrons. The molecular formula is C14H18N4O2. The predicted molar refractivity (Wildman–Crippen MR) is 76.2 cm³/mol. The lowest BCUT2D eigenvalue weighted by Gasteiger charge is -2.18. The molecule has 0 bridgehead atoms. The van der Waals surface area contributed by atoms with Gasteiger partial charge in [-0.25, -0.2) is 0 Å². The molecule has 3 N–H and O–H groups in total. The molecule has 0 spiro atoms. The lowest BCUT2D eigenvalue weighted by molar-refractivity contribution is 0.0773. The van der Waals surface area contributed by atoms with Crippen molar-refractivity contribution in [3.05, 3.63) is 41.7 Å². The number of hydrogen-bond donors (Lipinski definition) is 2. The van der Waals surface area contributed by atoms with Crippen LogP contribution in [0.4, 0.5) is 5.69 Å². The molecule has 1 aromatic carbocycles. The number of nitrogens with zero attached hydrogens (tertiary/aromatic N) is 3. The maximum absolute atomic E-state index is 12.4. The Labute approximate surface area is 117 Å². The highest BCUT2D eigenvalue weighted by molar-refractivity contribution is 5.97. The first-order chi connectivity index (χ1) is 9.54. The molecule has 6 nitrogen and oxygen atoms in total. The minimum atomic E-state index is -0.217. The van der Waals surface area contributed by atoms with Gasteiger partial charge in [0.1, 0.15) is 11.4 Å². The summed E-state index contributed by atoms with van der Waals surface area (Å²) in [5.41, 5.74) is 7.23. The van der Waals surface area contributed by atoms with Crippen LogP contribution < -0.4 is 5.73 Å². The van der Waals surface area contributed by atoms with Gasteiger partial charge in [-0.2, -0.15) is 5.10 Å². The summed E-state index contributed by atoms with van der Waals surface area (Å²) >= 11 is 0. The van der Waals surface area contributed by atoms with Crippen molar-refractivity contribution in [3.63, 3.8) is 0 Å². The number of aromatic nitrogens is 2. The van der Waals surface area contributed by atoms with Crippen molar-refractivity contribution in [3.8, 4) is 5.75 Å². The van der Waals surface area contributed by atoms with Crippen molar-refractivity contribution in [1.82, 2.24) is 14.7 Å². The molecule has 2 rings (SSSR count). The number of aromatic hydroxyl groups is 1. The van der Waals surface area contributed by atoms with Gasteiger partial charge in [-0.3, -0.25) is 9.48 Å². The molecule has 0 aliphatic heterocycles. The first-order valence-corrected chi connectivity index (χ1v) is 6.38. The molecule has 0 saturated heterocycles. The average Bonchev–Trinajstić information content (AvgIpc) is 2.81. The Kier molecular flexibility index (Phi) is 3.93. The molecule has 20 heavy (non-hydrogen) atoms. The first-order valence-electron chi connectivity index (χ1n) is 6.38. The highest BCUT2D eigenvalue weighted by Gasteiger charge is 2.20. The maximum atomic E-state index is 12.4. The number of nitrogen functional groups attached to an aromatic ring is 1. The summed E-state index contributed by atoms with van der Waals surface area (Å²) in [6, 6.07) is 6.93. The van der Waals surface area contributed by atoms with E-state index in [0.717, 1.165) is 0 Å². The standard InChI is InChI=1S/C14H18N4O2/c1-3-18-13(11(15)8-16-18)14(20)17(2)9-10-6-4-5-7-12(10)19/h4-8,19H,3,9,15H2,1-2H3. The minimum Gasteiger partial charge on any atom is -0.508 e. The third-order valence-electron chi connectivity index (χ3n) is 3.12. The SMILES string of the molecule is CCn1ncc(N)c1C(=O)N(C)Cc1ccccc1O. The third-order valence-corrected chi connectivity index (χ3v) is 3.12. The molecule has 0 radical (unpaired) electrons. The number of phenols is 1. The van der Waals surface area contributed by atoms with Crippen molar-refractivity contribution in [1.29, 1.82) is 0 Å². The van der Waals surface area contributed by atoms with Crippen LogP contribution >= 0.6 is 0 Å². The maximum Gasteiger partial charge on any atom is 0.274 e. The number of rotatable bonds is 4. The highest BCUT2D eigenvalue weighted by atomic mass is 16.3. The minimum absolute atomic E-state index is 0.170. The number of aryl methyl sites for hydroxylation is 1. The van der Waals surface area contributed by atoms with Crippen LogP contribution in [0.5, 0.6) is 5.75 Å². The number of anilines is 1. The molecule has 0 saturated carbocycles. The van der Waals surface area contributed by atoms with Gasteiger partial charge in [0.15, 0.2) is 0 Å². The third kappa shape index (κ3) is 2.59. The summed E-state index contributed by atoms with van der Waals surface area (Å²) in [5, 5.41) is 13.8. The Hall–Kier alpha value is -2.50. The Bertz CT molecular complexity index is 621. The molecule has 0 aliphatic carbocycles. The second kappa shape index (κ2) is 5.64. The Morgan fingerprint density at radius 1 is 1.45 bits per heavy atom. The summed E-state index contributed by atoms with van der Waals surface area (Å²) in [5.74, 6) is -0.0470. The molecular weight excluding hydrogens is 256 g/mol. The summed E-state index contributed by atoms with van der Waals surface area (Å²) in [6.07, 6.45) is 1.48. The van der Waals surface area contributed by atoms with Gasteiger partial charge in [-0.15, -0.1) is 0 Å². The summed E-state index contributed by atoms with van der Waals surface area (Å²) in [6.45, 7) is 2.77. The fraction of sp³-hybridized carbons (Fsp3) is 0.286. The van der Waals surface area contributed by atoms with E-state index >= 15 is 0 Å². The van der Waals surface area contributed by atoms with Gasteiger partial charge in [0.2, 0.25) is 0 Å². The lowest BCUT2D eigenvalue weighted by Crippen LogP contribution is -2.29. The topological polar surface area (TPSA) is 84.4 Å². The molecule has 0 aliphatic rings. The van der Waals surface area contributed by atoms with Gasteiger partial charge < -0.3 is 15.7 Å². The number of carbonyl (C=O) groups excluding carboxylic acids is 1. The number of para-hydroxylation sites is 1. The number of amides is 1. The lowest BCUT2D eigenvalue weighted by atomic mass is 10.2. The van der Waals surface area contributed by atoms with Gasteiger partial charge >= 0.3 is 0 Å². The molecule has 6 heteroatoms. The van der Waals surface area contributed by atoms with E-state index in [-0.39, 0.29) is 11.7 Å². The van der Waals surface area contributed by atoms with Crippen LogP contribution in [0.1, 0.15) is 23.0 Å². The van der Waals surface area contributed by atoms with Crippen molar-refractivity contribution < 1.29 is 9.90 Å². The number of nitrogens with two attached hydrogens (primary N) is 1. The number of phenolic OH excluding ortho intramolecular Hbond substituents is 1. The van der Waals surface area contributed by atoms with Crippen LogP contribution in [-0.4, -0.2) is 32.7 Å². The second-order valence-corrected chi connectivity index (χ2v) is 4.55. The normalized spacial score (nSPS) is 10.5. The highest BCUT2D eigenvalue weighted by Crippen LogP contribution is 2.19. The van der Waals surface area contributed by atoms with Gasteiger partial charge in [-0.05, 0) is 13.0 Å². The average molecular weight is 274 g/mol. The number of carbonyl (C=O) groups is 1. The second-order valence-electron chi connectivity index (χ2n) is 4.55. The van der Waals surface area contributed by atoms with E-state index in [2.05, 4.69) is 5.10 Å². The van der Waals surface area contributed by atoms with Crippen molar-refractivity contribution in [2.24, 2.45) is 0 Å². The van der Waals surface area contributed by atoms with Crippen molar-refractivity contribution in [2.45, 2.75) is 20.0 Å². The fourth-order valence-electron chi connectivity index (χ4n) is 2.03.